The second kappa shape index (κ2) is 5.76. The molecule has 0 aliphatic carbocycles. The Bertz CT molecular complexity index is 567. The molecule has 1 aliphatic rings. The summed E-state index contributed by atoms with van der Waals surface area (Å²) in [7, 11) is 0. The zero-order valence-corrected chi connectivity index (χ0v) is 11.2. The van der Waals surface area contributed by atoms with E-state index in [1.54, 1.807) is 0 Å². The van der Waals surface area contributed by atoms with E-state index in [4.69, 9.17) is 0 Å². The molecular formula is C12H8F3NO4S. The molecule has 112 valence electrons. The van der Waals surface area contributed by atoms with Gasteiger partial charge in [0.15, 0.2) is 0 Å². The quantitative estimate of drug-likeness (QED) is 0.797. The van der Waals surface area contributed by atoms with E-state index in [0.29, 0.717) is 0 Å². The molecule has 5 nitrogen and oxygen atoms in total. The summed E-state index contributed by atoms with van der Waals surface area (Å²) in [6.45, 7) is 0. The summed E-state index contributed by atoms with van der Waals surface area (Å²) in [6, 6.07) is 5.86. The van der Waals surface area contributed by atoms with Gasteiger partial charge in [0.05, 0.1) is 17.5 Å². The summed E-state index contributed by atoms with van der Waals surface area (Å²) in [5, 5.41) is 0.269. The van der Waals surface area contributed by atoms with Crippen molar-refractivity contribution in [2.24, 2.45) is 0 Å². The van der Waals surface area contributed by atoms with Crippen molar-refractivity contribution in [3.05, 3.63) is 35.4 Å². The molecule has 1 aromatic carbocycles. The van der Waals surface area contributed by atoms with Crippen molar-refractivity contribution in [1.82, 2.24) is 5.06 Å². The van der Waals surface area contributed by atoms with Crippen LogP contribution in [0, 0.1) is 0 Å². The summed E-state index contributed by atoms with van der Waals surface area (Å²) in [4.78, 5) is 39.6. The molecule has 2 rings (SSSR count). The topological polar surface area (TPSA) is 63.7 Å². The molecule has 0 N–H and O–H groups in total. The molecule has 21 heavy (non-hydrogen) atoms. The third-order valence-corrected chi connectivity index (χ3v) is 3.26. The van der Waals surface area contributed by atoms with Crippen LogP contribution in [0.2, 0.25) is 0 Å². The van der Waals surface area contributed by atoms with Crippen LogP contribution in [0.15, 0.2) is 24.3 Å². The molecule has 0 bridgehead atoms. The fraction of sp³-hybridized carbons (Fsp3) is 0.250. The standard InChI is InChI=1S/C12H8F3NO4S/c13-12(14,15)21-6-5-9(17)20-16-10(18)7-3-1-2-4-8(7)11(16)19/h1-4H,5-6H2. The van der Waals surface area contributed by atoms with Gasteiger partial charge < -0.3 is 4.84 Å². The Labute approximate surface area is 121 Å². The Hall–Kier alpha value is -2.03. The van der Waals surface area contributed by atoms with E-state index in [0.717, 1.165) is 0 Å². The van der Waals surface area contributed by atoms with E-state index in [-0.39, 0.29) is 28.0 Å². The zero-order chi connectivity index (χ0) is 15.6. The molecule has 0 saturated carbocycles. The number of hydrogen-bond acceptors (Lipinski definition) is 5. The van der Waals surface area contributed by atoms with E-state index < -0.39 is 35.5 Å². The number of benzene rings is 1. The molecule has 0 radical (unpaired) electrons. The number of carbonyl (C=O) groups is 3. The minimum Gasteiger partial charge on any atom is -0.330 e. The van der Waals surface area contributed by atoms with Gasteiger partial charge in [-0.2, -0.15) is 13.2 Å². The van der Waals surface area contributed by atoms with Crippen molar-refractivity contribution >= 4 is 29.5 Å². The van der Waals surface area contributed by atoms with Crippen molar-refractivity contribution in [3.8, 4) is 0 Å². The Balaban J connectivity index is 1.94. The van der Waals surface area contributed by atoms with Crippen LogP contribution in [-0.2, 0) is 9.63 Å². The molecule has 1 heterocycles. The maximum Gasteiger partial charge on any atom is 0.441 e. The molecule has 9 heteroatoms. The van der Waals surface area contributed by atoms with Crippen LogP contribution in [0.3, 0.4) is 0 Å². The Morgan fingerprint density at radius 3 is 2.14 bits per heavy atom. The smallest absolute Gasteiger partial charge is 0.330 e. The first-order chi connectivity index (χ1) is 9.79. The third kappa shape index (κ3) is 3.54. The van der Waals surface area contributed by atoms with Crippen LogP contribution in [-0.4, -0.2) is 34.1 Å². The van der Waals surface area contributed by atoms with Gasteiger partial charge in [0.2, 0.25) is 0 Å². The van der Waals surface area contributed by atoms with Gasteiger partial charge >= 0.3 is 11.5 Å². The highest BCUT2D eigenvalue weighted by atomic mass is 32.2. The number of fused-ring (bicyclic) bond motifs is 1. The first kappa shape index (κ1) is 15.4. The van der Waals surface area contributed by atoms with Gasteiger partial charge in [-0.15, -0.1) is 0 Å². The lowest BCUT2D eigenvalue weighted by Gasteiger charge is -2.12. The fourth-order valence-corrected chi connectivity index (χ4v) is 2.15. The van der Waals surface area contributed by atoms with Crippen molar-refractivity contribution in [1.29, 1.82) is 0 Å². The molecule has 0 aromatic heterocycles. The minimum absolute atomic E-state index is 0.0833. The molecule has 0 atom stereocenters. The van der Waals surface area contributed by atoms with Crippen LogP contribution < -0.4 is 0 Å². The molecule has 0 unspecified atom stereocenters. The van der Waals surface area contributed by atoms with Crippen LogP contribution in [0.4, 0.5) is 13.2 Å². The molecule has 0 spiro atoms. The maximum absolute atomic E-state index is 11.9. The van der Waals surface area contributed by atoms with Gasteiger partial charge in [-0.3, -0.25) is 9.59 Å². The maximum atomic E-state index is 11.9. The molecule has 2 amide bonds. The van der Waals surface area contributed by atoms with Crippen molar-refractivity contribution in [2.45, 2.75) is 11.9 Å². The summed E-state index contributed by atoms with van der Waals surface area (Å²) in [5.74, 6) is -3.26. The van der Waals surface area contributed by atoms with E-state index in [2.05, 4.69) is 4.84 Å². The Morgan fingerprint density at radius 1 is 1.14 bits per heavy atom. The number of imide groups is 1. The number of nitrogens with zero attached hydrogens (tertiary/aromatic N) is 1. The SMILES string of the molecule is O=C(CCSC(F)(F)F)ON1C(=O)c2ccccc2C1=O. The molecule has 0 fully saturated rings. The lowest BCUT2D eigenvalue weighted by Crippen LogP contribution is -2.32. The van der Waals surface area contributed by atoms with Crippen molar-refractivity contribution in [2.75, 3.05) is 5.75 Å². The van der Waals surface area contributed by atoms with Gasteiger partial charge in [-0.1, -0.05) is 29.0 Å². The highest BCUT2D eigenvalue weighted by molar-refractivity contribution is 8.00. The van der Waals surface area contributed by atoms with Crippen LogP contribution in [0.5, 0.6) is 0 Å². The van der Waals surface area contributed by atoms with Crippen LogP contribution in [0.25, 0.3) is 0 Å². The number of rotatable bonds is 4. The normalized spacial score (nSPS) is 14.3. The second-order valence-electron chi connectivity index (χ2n) is 3.96. The zero-order valence-electron chi connectivity index (χ0n) is 10.3. The first-order valence-electron chi connectivity index (χ1n) is 5.69. The number of amides is 2. The number of hydroxylamine groups is 2. The lowest BCUT2D eigenvalue weighted by molar-refractivity contribution is -0.167. The Morgan fingerprint density at radius 2 is 1.67 bits per heavy atom. The van der Waals surface area contributed by atoms with Crippen molar-refractivity contribution in [3.63, 3.8) is 0 Å². The van der Waals surface area contributed by atoms with Crippen LogP contribution in [0.1, 0.15) is 27.1 Å². The number of halogens is 3. The number of alkyl halides is 3. The molecule has 1 aromatic rings. The van der Waals surface area contributed by atoms with Gasteiger partial charge in [0.1, 0.15) is 0 Å². The van der Waals surface area contributed by atoms with Gasteiger partial charge in [0, 0.05) is 5.75 Å². The van der Waals surface area contributed by atoms with Crippen LogP contribution >= 0.6 is 11.8 Å². The lowest BCUT2D eigenvalue weighted by atomic mass is 10.1. The molecule has 1 aliphatic heterocycles. The predicted octanol–water partition coefficient (Wildman–Crippen LogP) is 2.38. The summed E-state index contributed by atoms with van der Waals surface area (Å²) in [5.41, 5.74) is -4.28. The predicted molar refractivity (Wildman–Crippen MR) is 66.2 cm³/mol. The van der Waals surface area contributed by atoms with E-state index in [9.17, 15) is 27.6 Å². The van der Waals surface area contributed by atoms with E-state index in [1.807, 2.05) is 0 Å². The monoisotopic (exact) mass is 319 g/mol. The summed E-state index contributed by atoms with van der Waals surface area (Å²) in [6.07, 6.45) is -0.572. The molecule has 0 saturated heterocycles. The van der Waals surface area contributed by atoms with Crippen molar-refractivity contribution < 1.29 is 32.4 Å². The largest absolute Gasteiger partial charge is 0.441 e. The highest BCUT2D eigenvalue weighted by Gasteiger charge is 2.38. The fourth-order valence-electron chi connectivity index (χ4n) is 1.65. The minimum atomic E-state index is -4.45. The van der Waals surface area contributed by atoms with E-state index >= 15 is 0 Å². The number of carbonyl (C=O) groups excluding carboxylic acids is 3. The third-order valence-electron chi connectivity index (χ3n) is 2.52. The van der Waals surface area contributed by atoms with Gasteiger partial charge in [-0.05, 0) is 12.1 Å². The van der Waals surface area contributed by atoms with Gasteiger partial charge in [-0.25, -0.2) is 4.79 Å². The van der Waals surface area contributed by atoms with E-state index in [1.165, 1.54) is 24.3 Å². The highest BCUT2D eigenvalue weighted by Crippen LogP contribution is 2.30. The Kier molecular flexibility index (Phi) is 4.21. The second-order valence-corrected chi connectivity index (χ2v) is 5.12. The van der Waals surface area contributed by atoms with Gasteiger partial charge in [0.25, 0.3) is 11.8 Å². The molecular weight excluding hydrogens is 311 g/mol. The number of hydrogen-bond donors (Lipinski definition) is 0. The number of thioether (sulfide) groups is 1. The first-order valence-corrected chi connectivity index (χ1v) is 6.67. The average molecular weight is 319 g/mol. The summed E-state index contributed by atoms with van der Waals surface area (Å²) >= 11 is -0.380. The summed E-state index contributed by atoms with van der Waals surface area (Å²) < 4.78 is 35.7. The average Bonchev–Trinajstić information content (AvgIpc) is 2.63.